The van der Waals surface area contributed by atoms with Crippen LogP contribution in [0, 0.1) is 6.92 Å². The number of carbonyl (C=O) groups is 1. The molecule has 1 heterocycles. The number of rotatable bonds is 7. The van der Waals surface area contributed by atoms with Crippen molar-refractivity contribution < 1.29 is 13.2 Å². The van der Waals surface area contributed by atoms with Crippen LogP contribution in [0.3, 0.4) is 0 Å². The fourth-order valence-electron chi connectivity index (χ4n) is 2.54. The Morgan fingerprint density at radius 1 is 1.36 bits per heavy atom. The van der Waals surface area contributed by atoms with E-state index in [-0.39, 0.29) is 10.8 Å². The number of hydrogen-bond acceptors (Lipinski definition) is 7. The largest absolute Gasteiger partial charge is 0.336 e. The smallest absolute Gasteiger partial charge is 0.242 e. The molecule has 0 radical (unpaired) electrons. The summed E-state index contributed by atoms with van der Waals surface area (Å²) in [5.74, 6) is 6.86. The molecule has 152 valence electrons. The van der Waals surface area contributed by atoms with E-state index in [1.807, 2.05) is 0 Å². The van der Waals surface area contributed by atoms with E-state index in [4.69, 9.17) is 5.84 Å². The summed E-state index contributed by atoms with van der Waals surface area (Å²) in [4.78, 5) is 12.8. The summed E-state index contributed by atoms with van der Waals surface area (Å²) in [6, 6.07) is 4.66. The molecule has 11 heteroatoms. The zero-order valence-corrected chi connectivity index (χ0v) is 17.8. The van der Waals surface area contributed by atoms with E-state index in [2.05, 4.69) is 15.5 Å². The molecule has 1 aliphatic carbocycles. The first-order valence-corrected chi connectivity index (χ1v) is 11.1. The summed E-state index contributed by atoms with van der Waals surface area (Å²) in [5, 5.41) is 11.0. The van der Waals surface area contributed by atoms with E-state index in [1.165, 1.54) is 42.7 Å². The molecule has 1 aromatic carbocycles. The molecule has 28 heavy (non-hydrogen) atoms. The van der Waals surface area contributed by atoms with E-state index in [0.717, 1.165) is 28.5 Å². The van der Waals surface area contributed by atoms with Crippen LogP contribution in [-0.2, 0) is 14.8 Å². The van der Waals surface area contributed by atoms with Crippen LogP contribution >= 0.6 is 11.8 Å². The predicted molar refractivity (Wildman–Crippen MR) is 108 cm³/mol. The normalized spacial score (nSPS) is 15.6. The van der Waals surface area contributed by atoms with Gasteiger partial charge in [0.25, 0.3) is 0 Å². The first-order chi connectivity index (χ1) is 13.1. The number of nitrogens with one attached hydrogen (secondary N) is 1. The van der Waals surface area contributed by atoms with Gasteiger partial charge in [-0.1, -0.05) is 17.8 Å². The molecule has 1 amide bonds. The highest BCUT2D eigenvalue weighted by Crippen LogP contribution is 2.39. The highest BCUT2D eigenvalue weighted by Gasteiger charge is 2.30. The van der Waals surface area contributed by atoms with E-state index >= 15 is 0 Å². The summed E-state index contributed by atoms with van der Waals surface area (Å²) in [7, 11) is -0.661. The molecule has 0 aliphatic heterocycles. The Labute approximate surface area is 168 Å². The zero-order chi connectivity index (χ0) is 20.6. The zero-order valence-electron chi connectivity index (χ0n) is 16.2. The number of nitrogens with two attached hydrogens (primary N) is 1. The number of nitrogen functional groups attached to an aromatic ring is 1. The minimum atomic E-state index is -3.59. The van der Waals surface area contributed by atoms with Gasteiger partial charge in [0.2, 0.25) is 21.1 Å². The van der Waals surface area contributed by atoms with Gasteiger partial charge in [0.15, 0.2) is 5.82 Å². The third-order valence-corrected chi connectivity index (χ3v) is 7.40. The Morgan fingerprint density at radius 2 is 2.04 bits per heavy atom. The summed E-state index contributed by atoms with van der Waals surface area (Å²) in [6.45, 7) is 3.54. The highest BCUT2D eigenvalue weighted by molar-refractivity contribution is 8.00. The van der Waals surface area contributed by atoms with Crippen molar-refractivity contribution in [2.75, 3.05) is 25.3 Å². The van der Waals surface area contributed by atoms with Gasteiger partial charge in [-0.3, -0.25) is 4.79 Å². The van der Waals surface area contributed by atoms with Crippen molar-refractivity contribution in [3.05, 3.63) is 29.6 Å². The van der Waals surface area contributed by atoms with E-state index in [0.29, 0.717) is 16.8 Å². The quantitative estimate of drug-likeness (QED) is 0.510. The first kappa shape index (κ1) is 20.6. The van der Waals surface area contributed by atoms with E-state index < -0.39 is 15.3 Å². The lowest BCUT2D eigenvalue weighted by Crippen LogP contribution is -2.25. The molecule has 1 fully saturated rings. The van der Waals surface area contributed by atoms with E-state index in [9.17, 15) is 13.2 Å². The monoisotopic (exact) mass is 424 g/mol. The van der Waals surface area contributed by atoms with Crippen LogP contribution in [0.25, 0.3) is 0 Å². The number of nitrogens with zero attached hydrogens (tertiary/aromatic N) is 4. The van der Waals surface area contributed by atoms with Gasteiger partial charge in [-0.15, -0.1) is 10.2 Å². The fraction of sp³-hybridized carbons (Fsp3) is 0.471. The third-order valence-electron chi connectivity index (χ3n) is 4.53. The van der Waals surface area contributed by atoms with Crippen molar-refractivity contribution in [2.24, 2.45) is 0 Å². The minimum absolute atomic E-state index is 0.120. The van der Waals surface area contributed by atoms with Crippen LogP contribution in [-0.4, -0.2) is 52.8 Å². The van der Waals surface area contributed by atoms with Crippen LogP contribution in [0.15, 0.2) is 28.3 Å². The second-order valence-corrected chi connectivity index (χ2v) is 10.5. The summed E-state index contributed by atoms with van der Waals surface area (Å²) < 4.78 is 27.2. The van der Waals surface area contributed by atoms with Gasteiger partial charge in [-0.05, 0) is 44.4 Å². The van der Waals surface area contributed by atoms with Gasteiger partial charge in [-0.25, -0.2) is 17.4 Å². The first-order valence-electron chi connectivity index (χ1n) is 8.82. The molecule has 0 spiro atoms. The molecule has 1 saturated carbocycles. The number of thioether (sulfide) groups is 1. The average molecular weight is 425 g/mol. The molecular weight excluding hydrogens is 400 g/mol. The molecule has 1 atom stereocenters. The molecule has 1 aliphatic rings. The third kappa shape index (κ3) is 4.15. The number of benzene rings is 1. The van der Waals surface area contributed by atoms with Crippen LogP contribution in [0.2, 0.25) is 0 Å². The second kappa shape index (κ2) is 7.72. The van der Waals surface area contributed by atoms with Gasteiger partial charge in [0.05, 0.1) is 10.1 Å². The van der Waals surface area contributed by atoms with Crippen molar-refractivity contribution >= 4 is 33.4 Å². The molecular formula is C17H24N6O3S2. The number of aromatic nitrogens is 3. The van der Waals surface area contributed by atoms with Crippen molar-refractivity contribution in [3.8, 4) is 0 Å². The maximum atomic E-state index is 12.6. The maximum absolute atomic E-state index is 12.6. The highest BCUT2D eigenvalue weighted by atomic mass is 32.2. The number of sulfonamides is 1. The lowest BCUT2D eigenvalue weighted by molar-refractivity contribution is -0.115. The molecule has 3 N–H and O–H groups in total. The van der Waals surface area contributed by atoms with Gasteiger partial charge >= 0.3 is 0 Å². The molecule has 9 nitrogen and oxygen atoms in total. The van der Waals surface area contributed by atoms with Gasteiger partial charge in [0, 0.05) is 25.7 Å². The summed E-state index contributed by atoms with van der Waals surface area (Å²) >= 11 is 1.21. The SMILES string of the molecule is Cc1ccc(S(=O)(=O)N(C)C)cc1NC(=O)C(C)Sc1nnc(C2CC2)n1N. The Kier molecular flexibility index (Phi) is 5.69. The van der Waals surface area contributed by atoms with Gasteiger partial charge in [0.1, 0.15) is 0 Å². The second-order valence-electron chi connectivity index (χ2n) is 7.00. The lowest BCUT2D eigenvalue weighted by Gasteiger charge is -2.16. The lowest BCUT2D eigenvalue weighted by atomic mass is 10.2. The Hall–Kier alpha value is -2.11. The predicted octanol–water partition coefficient (Wildman–Crippen LogP) is 1.55. The van der Waals surface area contributed by atoms with Gasteiger partial charge < -0.3 is 11.2 Å². The molecule has 1 unspecified atom stereocenters. The van der Waals surface area contributed by atoms with Crippen LogP contribution in [0.1, 0.15) is 37.1 Å². The summed E-state index contributed by atoms with van der Waals surface area (Å²) in [5.41, 5.74) is 1.22. The number of carbonyl (C=O) groups excluding carboxylic acids is 1. The van der Waals surface area contributed by atoms with Crippen LogP contribution in [0.5, 0.6) is 0 Å². The van der Waals surface area contributed by atoms with Crippen LogP contribution < -0.4 is 11.2 Å². The summed E-state index contributed by atoms with van der Waals surface area (Å²) in [6.07, 6.45) is 2.11. The fourth-order valence-corrected chi connectivity index (χ4v) is 4.25. The number of amides is 1. The topological polar surface area (TPSA) is 123 Å². The molecule has 0 bridgehead atoms. The molecule has 3 rings (SSSR count). The number of anilines is 1. The minimum Gasteiger partial charge on any atom is -0.336 e. The van der Waals surface area contributed by atoms with Crippen molar-refractivity contribution in [1.82, 2.24) is 19.2 Å². The Bertz CT molecular complexity index is 998. The standard InChI is InChI=1S/C17H24N6O3S2/c1-10-5-8-13(28(25,26)22(3)4)9-14(10)19-16(24)11(2)27-17-21-20-15(23(17)18)12-6-7-12/h5,8-9,11-12H,6-7,18H2,1-4H3,(H,19,24). The average Bonchev–Trinajstić information content (AvgIpc) is 3.41. The van der Waals surface area contributed by atoms with Crippen LogP contribution in [0.4, 0.5) is 5.69 Å². The maximum Gasteiger partial charge on any atom is 0.242 e. The van der Waals surface area contributed by atoms with Crippen molar-refractivity contribution in [1.29, 1.82) is 0 Å². The number of aryl methyl sites for hydroxylation is 1. The Balaban J connectivity index is 1.73. The van der Waals surface area contributed by atoms with E-state index in [1.54, 1.807) is 19.9 Å². The molecule has 1 aromatic heterocycles. The molecule has 0 saturated heterocycles. The number of hydrogen-bond donors (Lipinski definition) is 2. The van der Waals surface area contributed by atoms with Crippen molar-refractivity contribution in [2.45, 2.75) is 47.9 Å². The van der Waals surface area contributed by atoms with Crippen molar-refractivity contribution in [3.63, 3.8) is 0 Å². The Morgan fingerprint density at radius 3 is 2.64 bits per heavy atom. The van der Waals surface area contributed by atoms with Gasteiger partial charge in [-0.2, -0.15) is 0 Å². The molecule has 2 aromatic rings.